The van der Waals surface area contributed by atoms with E-state index in [2.05, 4.69) is 15.3 Å². The number of anilines is 1. The first-order valence-corrected chi connectivity index (χ1v) is 7.83. The summed E-state index contributed by atoms with van der Waals surface area (Å²) >= 11 is 1.42. The molecule has 1 aromatic heterocycles. The van der Waals surface area contributed by atoms with Gasteiger partial charge in [-0.3, -0.25) is 0 Å². The van der Waals surface area contributed by atoms with Gasteiger partial charge in [-0.05, 0) is 18.7 Å². The fraction of sp³-hybridized carbons (Fsp3) is 0.267. The summed E-state index contributed by atoms with van der Waals surface area (Å²) in [6, 6.07) is 9.92. The maximum Gasteiger partial charge on any atom is 0.343 e. The van der Waals surface area contributed by atoms with Crippen molar-refractivity contribution in [3.63, 3.8) is 0 Å². The number of rotatable bonds is 6. The van der Waals surface area contributed by atoms with E-state index in [1.165, 1.54) is 18.0 Å². The van der Waals surface area contributed by atoms with Crippen LogP contribution < -0.4 is 5.32 Å². The van der Waals surface area contributed by atoms with E-state index in [9.17, 15) is 4.79 Å². The third-order valence-electron chi connectivity index (χ3n) is 2.75. The van der Waals surface area contributed by atoms with Crippen LogP contribution in [0.2, 0.25) is 0 Å². The van der Waals surface area contributed by atoms with Crippen molar-refractivity contribution in [3.05, 3.63) is 47.7 Å². The molecule has 1 N–H and O–H groups in total. The normalized spacial score (nSPS) is 10.2. The number of aromatic nitrogens is 2. The van der Waals surface area contributed by atoms with Crippen LogP contribution in [0.4, 0.5) is 5.82 Å². The summed E-state index contributed by atoms with van der Waals surface area (Å²) in [5, 5.41) is 3.79. The molecule has 110 valence electrons. The quantitative estimate of drug-likeness (QED) is 0.503. The summed E-state index contributed by atoms with van der Waals surface area (Å²) in [4.78, 5) is 20.4. The van der Waals surface area contributed by atoms with Crippen molar-refractivity contribution in [2.75, 3.05) is 18.2 Å². The van der Waals surface area contributed by atoms with E-state index in [-0.39, 0.29) is 0 Å². The third-order valence-corrected chi connectivity index (χ3v) is 3.31. The topological polar surface area (TPSA) is 64.1 Å². The number of benzene rings is 1. The fourth-order valence-corrected chi connectivity index (χ4v) is 2.08. The largest absolute Gasteiger partial charge is 0.462 e. The number of nitrogens with one attached hydrogen (secondary N) is 1. The van der Waals surface area contributed by atoms with Crippen LogP contribution >= 0.6 is 11.8 Å². The van der Waals surface area contributed by atoms with Crippen molar-refractivity contribution in [1.29, 1.82) is 0 Å². The molecular weight excluding hydrogens is 286 g/mol. The van der Waals surface area contributed by atoms with Crippen LogP contribution in [-0.4, -0.2) is 28.8 Å². The zero-order valence-electron chi connectivity index (χ0n) is 12.0. The molecule has 0 bridgehead atoms. The molecule has 5 nitrogen and oxygen atoms in total. The minimum absolute atomic E-state index is 0.321. The molecule has 0 amide bonds. The fourth-order valence-electron chi connectivity index (χ4n) is 1.74. The van der Waals surface area contributed by atoms with Gasteiger partial charge in [0.1, 0.15) is 11.4 Å². The number of carbonyl (C=O) groups is 1. The Balaban J connectivity index is 2.20. The van der Waals surface area contributed by atoms with Gasteiger partial charge >= 0.3 is 5.97 Å². The lowest BCUT2D eigenvalue weighted by atomic mass is 10.2. The molecule has 0 aliphatic rings. The first kappa shape index (κ1) is 15.3. The second-order valence-electron chi connectivity index (χ2n) is 4.18. The molecule has 0 atom stereocenters. The lowest BCUT2D eigenvalue weighted by Crippen LogP contribution is -2.12. The average molecular weight is 303 g/mol. The Hall–Kier alpha value is -2.08. The van der Waals surface area contributed by atoms with Crippen LogP contribution in [0.3, 0.4) is 0 Å². The first-order valence-electron chi connectivity index (χ1n) is 6.60. The molecule has 21 heavy (non-hydrogen) atoms. The van der Waals surface area contributed by atoms with Gasteiger partial charge in [-0.1, -0.05) is 42.1 Å². The van der Waals surface area contributed by atoms with Gasteiger partial charge in [0.2, 0.25) is 0 Å². The van der Waals surface area contributed by atoms with Crippen molar-refractivity contribution in [2.45, 2.75) is 18.6 Å². The highest BCUT2D eigenvalue weighted by Gasteiger charge is 2.15. The van der Waals surface area contributed by atoms with Crippen LogP contribution in [0.25, 0.3) is 0 Å². The van der Waals surface area contributed by atoms with Crippen molar-refractivity contribution in [3.8, 4) is 0 Å². The zero-order valence-corrected chi connectivity index (χ0v) is 12.8. The van der Waals surface area contributed by atoms with E-state index in [4.69, 9.17) is 4.74 Å². The van der Waals surface area contributed by atoms with E-state index in [0.29, 0.717) is 29.7 Å². The molecule has 6 heteroatoms. The molecule has 0 spiro atoms. The van der Waals surface area contributed by atoms with E-state index >= 15 is 0 Å². The molecule has 0 aliphatic carbocycles. The van der Waals surface area contributed by atoms with E-state index in [1.54, 1.807) is 6.92 Å². The van der Waals surface area contributed by atoms with Crippen LogP contribution in [0.15, 0.2) is 41.7 Å². The number of hydrogen-bond acceptors (Lipinski definition) is 6. The monoisotopic (exact) mass is 303 g/mol. The summed E-state index contributed by atoms with van der Waals surface area (Å²) in [5.74, 6) is 0.0809. The number of hydrogen-bond donors (Lipinski definition) is 1. The minimum atomic E-state index is -0.416. The van der Waals surface area contributed by atoms with Gasteiger partial charge in [-0.2, -0.15) is 0 Å². The van der Waals surface area contributed by atoms with Gasteiger partial charge < -0.3 is 10.1 Å². The average Bonchev–Trinajstić information content (AvgIpc) is 2.53. The SMILES string of the molecule is CCOC(=O)c1cnc(SC)nc1NCc1ccccc1. The molecule has 1 heterocycles. The van der Waals surface area contributed by atoms with Crippen LogP contribution in [-0.2, 0) is 11.3 Å². The number of nitrogens with zero attached hydrogens (tertiary/aromatic N) is 2. The predicted molar refractivity (Wildman–Crippen MR) is 83.5 cm³/mol. The number of ether oxygens (including phenoxy) is 1. The smallest absolute Gasteiger partial charge is 0.343 e. The highest BCUT2D eigenvalue weighted by atomic mass is 32.2. The predicted octanol–water partition coefficient (Wildman–Crippen LogP) is 2.99. The first-order chi connectivity index (χ1) is 10.2. The van der Waals surface area contributed by atoms with E-state index in [1.807, 2.05) is 36.6 Å². The van der Waals surface area contributed by atoms with Crippen LogP contribution in [0, 0.1) is 0 Å². The maximum atomic E-state index is 11.9. The molecule has 0 radical (unpaired) electrons. The standard InChI is InChI=1S/C15H17N3O2S/c1-3-20-14(19)12-10-17-15(21-2)18-13(12)16-9-11-7-5-4-6-8-11/h4-8,10H,3,9H2,1-2H3,(H,16,17,18). The Bertz CT molecular complexity index is 605. The number of esters is 1. The summed E-state index contributed by atoms with van der Waals surface area (Å²) in [5.41, 5.74) is 1.46. The molecule has 0 saturated heterocycles. The van der Waals surface area contributed by atoms with Crippen molar-refractivity contribution >= 4 is 23.5 Å². The second-order valence-corrected chi connectivity index (χ2v) is 4.95. The summed E-state index contributed by atoms with van der Waals surface area (Å²) in [6.07, 6.45) is 3.39. The van der Waals surface area contributed by atoms with Crippen molar-refractivity contribution in [1.82, 2.24) is 9.97 Å². The van der Waals surface area contributed by atoms with E-state index in [0.717, 1.165) is 5.56 Å². The summed E-state index contributed by atoms with van der Waals surface area (Å²) in [7, 11) is 0. The Morgan fingerprint density at radius 2 is 2.10 bits per heavy atom. The highest BCUT2D eigenvalue weighted by Crippen LogP contribution is 2.18. The summed E-state index contributed by atoms with van der Waals surface area (Å²) < 4.78 is 5.03. The molecule has 0 fully saturated rings. The molecular formula is C15H17N3O2S. The maximum absolute atomic E-state index is 11.9. The number of thioether (sulfide) groups is 1. The van der Waals surface area contributed by atoms with E-state index < -0.39 is 5.97 Å². The van der Waals surface area contributed by atoms with Crippen LogP contribution in [0.1, 0.15) is 22.8 Å². The highest BCUT2D eigenvalue weighted by molar-refractivity contribution is 7.98. The summed E-state index contributed by atoms with van der Waals surface area (Å²) in [6.45, 7) is 2.67. The minimum Gasteiger partial charge on any atom is -0.462 e. The van der Waals surface area contributed by atoms with Crippen molar-refractivity contribution < 1.29 is 9.53 Å². The van der Waals surface area contributed by atoms with Gasteiger partial charge in [0, 0.05) is 12.7 Å². The Morgan fingerprint density at radius 3 is 2.76 bits per heavy atom. The molecule has 0 unspecified atom stereocenters. The third kappa shape index (κ3) is 4.19. The lowest BCUT2D eigenvalue weighted by Gasteiger charge is -2.11. The van der Waals surface area contributed by atoms with Crippen LogP contribution in [0.5, 0.6) is 0 Å². The Labute approximate surface area is 128 Å². The van der Waals surface area contributed by atoms with Gasteiger partial charge in [-0.15, -0.1) is 0 Å². The van der Waals surface area contributed by atoms with Gasteiger partial charge in [-0.25, -0.2) is 14.8 Å². The second kappa shape index (κ2) is 7.64. The van der Waals surface area contributed by atoms with Crippen molar-refractivity contribution in [2.24, 2.45) is 0 Å². The van der Waals surface area contributed by atoms with Gasteiger partial charge in [0.15, 0.2) is 5.16 Å². The lowest BCUT2D eigenvalue weighted by molar-refractivity contribution is 0.0526. The molecule has 2 rings (SSSR count). The number of carbonyl (C=O) groups excluding carboxylic acids is 1. The molecule has 2 aromatic rings. The Kier molecular flexibility index (Phi) is 5.57. The molecule has 0 saturated carbocycles. The van der Waals surface area contributed by atoms with Gasteiger partial charge in [0.05, 0.1) is 6.61 Å². The zero-order chi connectivity index (χ0) is 15.1. The molecule has 0 aliphatic heterocycles. The van der Waals surface area contributed by atoms with Gasteiger partial charge in [0.25, 0.3) is 0 Å². The molecule has 1 aromatic carbocycles. The Morgan fingerprint density at radius 1 is 1.33 bits per heavy atom.